The molecule has 0 aliphatic carbocycles. The summed E-state index contributed by atoms with van der Waals surface area (Å²) in [6.07, 6.45) is 0.614. The molecule has 120 valence electrons. The van der Waals surface area contributed by atoms with Gasteiger partial charge in [-0.25, -0.2) is 4.98 Å². The van der Waals surface area contributed by atoms with Gasteiger partial charge in [-0.2, -0.15) is 11.8 Å². The van der Waals surface area contributed by atoms with Gasteiger partial charge in [-0.15, -0.1) is 0 Å². The number of pyridine rings is 1. The zero-order valence-corrected chi connectivity index (χ0v) is 14.1. The van der Waals surface area contributed by atoms with Gasteiger partial charge in [-0.05, 0) is 12.1 Å². The van der Waals surface area contributed by atoms with Crippen molar-refractivity contribution < 1.29 is 4.79 Å². The number of hydrogen-bond donors (Lipinski definition) is 1. The first-order valence-electron chi connectivity index (χ1n) is 7.69. The quantitative estimate of drug-likeness (QED) is 0.845. The van der Waals surface area contributed by atoms with E-state index in [1.807, 2.05) is 28.8 Å². The second-order valence-corrected chi connectivity index (χ2v) is 7.15. The lowest BCUT2D eigenvalue weighted by atomic mass is 10.2. The summed E-state index contributed by atoms with van der Waals surface area (Å²) in [5.74, 6) is 3.34. The molecule has 1 aromatic rings. The standard InChI is InChI=1S/C15H21ClN4OS/c16-13-2-1-3-14(18-13)19-5-7-20(8-6-19)15(21)10-12-11-22-9-4-17-12/h1-3,12,17H,4-11H2. The van der Waals surface area contributed by atoms with Gasteiger partial charge in [0.05, 0.1) is 0 Å². The van der Waals surface area contributed by atoms with Crippen molar-refractivity contribution in [1.29, 1.82) is 0 Å². The van der Waals surface area contributed by atoms with Gasteiger partial charge in [0.2, 0.25) is 5.91 Å². The van der Waals surface area contributed by atoms with Crippen LogP contribution in [0.4, 0.5) is 5.82 Å². The lowest BCUT2D eigenvalue weighted by molar-refractivity contribution is -0.131. The molecule has 1 atom stereocenters. The van der Waals surface area contributed by atoms with Crippen LogP contribution in [0.3, 0.4) is 0 Å². The van der Waals surface area contributed by atoms with Crippen molar-refractivity contribution in [2.24, 2.45) is 0 Å². The first-order chi connectivity index (χ1) is 10.7. The molecule has 1 N–H and O–H groups in total. The van der Waals surface area contributed by atoms with E-state index >= 15 is 0 Å². The molecule has 3 heterocycles. The minimum absolute atomic E-state index is 0.263. The summed E-state index contributed by atoms with van der Waals surface area (Å²) in [6, 6.07) is 5.99. The van der Waals surface area contributed by atoms with Crippen molar-refractivity contribution in [2.45, 2.75) is 12.5 Å². The Labute approximate surface area is 140 Å². The average molecular weight is 341 g/mol. The van der Waals surface area contributed by atoms with E-state index in [0.717, 1.165) is 50.0 Å². The lowest BCUT2D eigenvalue weighted by Crippen LogP contribution is -2.51. The third-order valence-electron chi connectivity index (χ3n) is 4.08. The maximum Gasteiger partial charge on any atom is 0.224 e. The molecule has 2 aliphatic heterocycles. The van der Waals surface area contributed by atoms with Crippen LogP contribution in [0.5, 0.6) is 0 Å². The number of nitrogens with one attached hydrogen (secondary N) is 1. The molecule has 22 heavy (non-hydrogen) atoms. The van der Waals surface area contributed by atoms with Crippen molar-refractivity contribution in [3.63, 3.8) is 0 Å². The van der Waals surface area contributed by atoms with E-state index in [1.54, 1.807) is 6.07 Å². The number of rotatable bonds is 3. The fourth-order valence-corrected chi connectivity index (χ4v) is 3.96. The predicted octanol–water partition coefficient (Wildman–Crippen LogP) is 1.48. The van der Waals surface area contributed by atoms with Crippen LogP contribution in [0.15, 0.2) is 18.2 Å². The molecule has 0 bridgehead atoms. The maximum atomic E-state index is 12.4. The van der Waals surface area contributed by atoms with E-state index < -0.39 is 0 Å². The molecule has 0 aromatic carbocycles. The second kappa shape index (κ2) is 7.53. The molecule has 1 unspecified atom stereocenters. The highest BCUT2D eigenvalue weighted by atomic mass is 35.5. The number of carbonyl (C=O) groups is 1. The highest BCUT2D eigenvalue weighted by molar-refractivity contribution is 7.99. The predicted molar refractivity (Wildman–Crippen MR) is 91.8 cm³/mol. The molecule has 0 spiro atoms. The Morgan fingerprint density at radius 1 is 1.36 bits per heavy atom. The number of hydrogen-bond acceptors (Lipinski definition) is 5. The normalized spacial score (nSPS) is 22.7. The van der Waals surface area contributed by atoms with Gasteiger partial charge in [-0.1, -0.05) is 17.7 Å². The number of amides is 1. The molecular formula is C15H21ClN4OS. The van der Waals surface area contributed by atoms with Crippen LogP contribution in [0, 0.1) is 0 Å². The molecule has 2 aliphatic rings. The molecule has 0 radical (unpaired) electrons. The number of piperazine rings is 1. The van der Waals surface area contributed by atoms with Gasteiger partial charge < -0.3 is 15.1 Å². The van der Waals surface area contributed by atoms with E-state index in [1.165, 1.54) is 0 Å². The minimum Gasteiger partial charge on any atom is -0.353 e. The van der Waals surface area contributed by atoms with E-state index in [0.29, 0.717) is 17.6 Å². The van der Waals surface area contributed by atoms with Crippen LogP contribution in [0.25, 0.3) is 0 Å². The summed E-state index contributed by atoms with van der Waals surface area (Å²) in [4.78, 5) is 20.9. The first kappa shape index (κ1) is 15.9. The molecule has 5 nitrogen and oxygen atoms in total. The van der Waals surface area contributed by atoms with E-state index in [9.17, 15) is 4.79 Å². The van der Waals surface area contributed by atoms with Gasteiger partial charge in [-0.3, -0.25) is 4.79 Å². The van der Waals surface area contributed by atoms with Crippen molar-refractivity contribution in [3.8, 4) is 0 Å². The lowest BCUT2D eigenvalue weighted by Gasteiger charge is -2.36. The van der Waals surface area contributed by atoms with Crippen LogP contribution in [-0.2, 0) is 4.79 Å². The minimum atomic E-state index is 0.263. The fourth-order valence-electron chi connectivity index (χ4n) is 2.85. The third-order valence-corrected chi connectivity index (χ3v) is 5.42. The molecule has 1 amide bonds. The van der Waals surface area contributed by atoms with Gasteiger partial charge in [0, 0.05) is 56.7 Å². The summed E-state index contributed by atoms with van der Waals surface area (Å²) in [7, 11) is 0. The topological polar surface area (TPSA) is 48.5 Å². The maximum absolute atomic E-state index is 12.4. The highest BCUT2D eigenvalue weighted by Gasteiger charge is 2.24. The van der Waals surface area contributed by atoms with Gasteiger partial charge in [0.1, 0.15) is 11.0 Å². The Bertz CT molecular complexity index is 516. The SMILES string of the molecule is O=C(CC1CSCCN1)N1CCN(c2cccc(Cl)n2)CC1. The molecule has 2 saturated heterocycles. The number of halogens is 1. The number of carbonyl (C=O) groups excluding carboxylic acids is 1. The van der Waals surface area contributed by atoms with Crippen molar-refractivity contribution in [3.05, 3.63) is 23.4 Å². The van der Waals surface area contributed by atoms with E-state index in [2.05, 4.69) is 15.2 Å². The average Bonchev–Trinajstić information content (AvgIpc) is 2.56. The molecule has 1 aromatic heterocycles. The zero-order chi connectivity index (χ0) is 15.4. The Hall–Kier alpha value is -0.980. The van der Waals surface area contributed by atoms with Crippen LogP contribution < -0.4 is 10.2 Å². The van der Waals surface area contributed by atoms with Crippen LogP contribution in [0.2, 0.25) is 5.15 Å². The summed E-state index contributed by atoms with van der Waals surface area (Å²) in [6.45, 7) is 4.15. The monoisotopic (exact) mass is 340 g/mol. The third kappa shape index (κ3) is 4.06. The van der Waals surface area contributed by atoms with E-state index in [-0.39, 0.29) is 5.91 Å². The molecular weight excluding hydrogens is 320 g/mol. The summed E-state index contributed by atoms with van der Waals surface area (Å²) in [5, 5.41) is 3.94. The van der Waals surface area contributed by atoms with Crippen molar-refractivity contribution >= 4 is 35.1 Å². The van der Waals surface area contributed by atoms with Crippen molar-refractivity contribution in [1.82, 2.24) is 15.2 Å². The Balaban J connectivity index is 1.49. The first-order valence-corrected chi connectivity index (χ1v) is 9.22. The summed E-state index contributed by atoms with van der Waals surface area (Å²) >= 11 is 7.87. The largest absolute Gasteiger partial charge is 0.353 e. The number of thioether (sulfide) groups is 1. The molecule has 3 rings (SSSR count). The van der Waals surface area contributed by atoms with Gasteiger partial charge >= 0.3 is 0 Å². The smallest absolute Gasteiger partial charge is 0.224 e. The number of anilines is 1. The Morgan fingerprint density at radius 2 is 2.18 bits per heavy atom. The van der Waals surface area contributed by atoms with E-state index in [4.69, 9.17) is 11.6 Å². The molecule has 2 fully saturated rings. The summed E-state index contributed by atoms with van der Waals surface area (Å²) in [5.41, 5.74) is 0. The molecule has 0 saturated carbocycles. The molecule has 7 heteroatoms. The van der Waals surface area contributed by atoms with Crippen LogP contribution >= 0.6 is 23.4 Å². The number of aromatic nitrogens is 1. The number of nitrogens with zero attached hydrogens (tertiary/aromatic N) is 3. The Morgan fingerprint density at radius 3 is 2.86 bits per heavy atom. The zero-order valence-electron chi connectivity index (χ0n) is 12.5. The highest BCUT2D eigenvalue weighted by Crippen LogP contribution is 2.17. The Kier molecular flexibility index (Phi) is 5.44. The summed E-state index contributed by atoms with van der Waals surface area (Å²) < 4.78 is 0. The fraction of sp³-hybridized carbons (Fsp3) is 0.600. The second-order valence-electron chi connectivity index (χ2n) is 5.62. The van der Waals surface area contributed by atoms with Crippen LogP contribution in [-0.4, -0.2) is 66.1 Å². The van der Waals surface area contributed by atoms with Gasteiger partial charge in [0.25, 0.3) is 0 Å². The van der Waals surface area contributed by atoms with Gasteiger partial charge in [0.15, 0.2) is 0 Å². The van der Waals surface area contributed by atoms with Crippen LogP contribution in [0.1, 0.15) is 6.42 Å². The van der Waals surface area contributed by atoms with Crippen molar-refractivity contribution in [2.75, 3.05) is 49.1 Å².